The van der Waals surface area contributed by atoms with Crippen LogP contribution in [-0.2, 0) is 25.5 Å². The number of ether oxygens (including phenoxy) is 1. The summed E-state index contributed by atoms with van der Waals surface area (Å²) in [6.45, 7) is -0.564. The van der Waals surface area contributed by atoms with Gasteiger partial charge in [-0.2, -0.15) is 0 Å². The molecule has 3 aliphatic rings. The van der Waals surface area contributed by atoms with Gasteiger partial charge in [-0.25, -0.2) is 9.18 Å². The van der Waals surface area contributed by atoms with Crippen molar-refractivity contribution in [2.24, 2.45) is 23.7 Å². The number of rotatable bonds is 7. The van der Waals surface area contributed by atoms with E-state index in [9.17, 15) is 23.6 Å². The molecule has 1 saturated carbocycles. The van der Waals surface area contributed by atoms with Crippen LogP contribution in [0.2, 0.25) is 0 Å². The fraction of sp³-hybridized carbons (Fsp3) is 0.308. The number of ketones is 1. The van der Waals surface area contributed by atoms with Crippen LogP contribution in [0.3, 0.4) is 0 Å². The lowest BCUT2D eigenvalue weighted by Crippen LogP contribution is -2.48. The number of hydrogen-bond acceptors (Lipinski definition) is 5. The van der Waals surface area contributed by atoms with Gasteiger partial charge < -0.3 is 4.74 Å². The maximum atomic E-state index is 13.3. The van der Waals surface area contributed by atoms with E-state index >= 15 is 0 Å². The number of esters is 1. The van der Waals surface area contributed by atoms with Crippen molar-refractivity contribution in [2.75, 3.05) is 6.61 Å². The molecule has 2 amide bonds. The first-order valence-corrected chi connectivity index (χ1v) is 11.0. The topological polar surface area (TPSA) is 80.8 Å². The smallest absolute Gasteiger partial charge is 0.330 e. The van der Waals surface area contributed by atoms with E-state index in [1.54, 1.807) is 12.1 Å². The molecule has 33 heavy (non-hydrogen) atoms. The molecule has 2 aliphatic carbocycles. The number of hydrogen-bond donors (Lipinski definition) is 0. The Balaban J connectivity index is 1.36. The zero-order valence-electron chi connectivity index (χ0n) is 17.7. The zero-order chi connectivity index (χ0) is 23.1. The van der Waals surface area contributed by atoms with E-state index in [1.807, 2.05) is 30.4 Å². The summed E-state index contributed by atoms with van der Waals surface area (Å²) in [4.78, 5) is 53.1. The van der Waals surface area contributed by atoms with Gasteiger partial charge in [0.15, 0.2) is 12.4 Å². The van der Waals surface area contributed by atoms with Crippen LogP contribution in [0.4, 0.5) is 4.39 Å². The van der Waals surface area contributed by atoms with E-state index < -0.39 is 42.1 Å². The van der Waals surface area contributed by atoms with Gasteiger partial charge in [0.2, 0.25) is 11.8 Å². The van der Waals surface area contributed by atoms with Gasteiger partial charge in [0.05, 0.1) is 11.8 Å². The average Bonchev–Trinajstić information content (AvgIpc) is 3.51. The number of carbonyl (C=O) groups is 4. The maximum Gasteiger partial charge on any atom is 0.330 e. The third-order valence-corrected chi connectivity index (χ3v) is 6.87. The summed E-state index contributed by atoms with van der Waals surface area (Å²) >= 11 is 0. The number of benzene rings is 2. The molecule has 5 atom stereocenters. The van der Waals surface area contributed by atoms with Gasteiger partial charge in [0.1, 0.15) is 11.9 Å². The number of amides is 2. The van der Waals surface area contributed by atoms with Gasteiger partial charge in [-0.05, 0) is 48.1 Å². The molecule has 0 unspecified atom stereocenters. The molecular weight excluding hydrogens is 425 g/mol. The number of fused-ring (bicyclic) bond motifs is 5. The lowest BCUT2D eigenvalue weighted by Gasteiger charge is -2.26. The Morgan fingerprint density at radius 1 is 0.939 bits per heavy atom. The summed E-state index contributed by atoms with van der Waals surface area (Å²) < 4.78 is 18.4. The molecule has 168 valence electrons. The minimum Gasteiger partial charge on any atom is -0.456 e. The number of halogens is 1. The van der Waals surface area contributed by atoms with E-state index in [0.29, 0.717) is 0 Å². The summed E-state index contributed by atoms with van der Waals surface area (Å²) in [5, 5.41) is 0. The van der Waals surface area contributed by atoms with Gasteiger partial charge in [-0.15, -0.1) is 0 Å². The first kappa shape index (κ1) is 21.2. The highest BCUT2D eigenvalue weighted by molar-refractivity contribution is 6.09. The Morgan fingerprint density at radius 3 is 2.15 bits per heavy atom. The molecule has 0 aromatic heterocycles. The van der Waals surface area contributed by atoms with Crippen LogP contribution < -0.4 is 0 Å². The highest BCUT2D eigenvalue weighted by Crippen LogP contribution is 2.53. The molecule has 0 N–H and O–H groups in total. The number of likely N-dealkylation sites (tertiary alicyclic amines) is 1. The summed E-state index contributed by atoms with van der Waals surface area (Å²) in [6, 6.07) is 12.8. The van der Waals surface area contributed by atoms with E-state index in [1.165, 1.54) is 12.1 Å². The second-order valence-corrected chi connectivity index (χ2v) is 8.79. The van der Waals surface area contributed by atoms with Crippen molar-refractivity contribution < 1.29 is 28.3 Å². The maximum absolute atomic E-state index is 13.3. The molecule has 7 heteroatoms. The van der Waals surface area contributed by atoms with Gasteiger partial charge in [0, 0.05) is 12.0 Å². The van der Waals surface area contributed by atoms with E-state index in [0.717, 1.165) is 29.0 Å². The van der Waals surface area contributed by atoms with Crippen LogP contribution in [0.5, 0.6) is 0 Å². The van der Waals surface area contributed by atoms with Crippen LogP contribution >= 0.6 is 0 Å². The van der Waals surface area contributed by atoms with Crippen molar-refractivity contribution in [3.8, 4) is 0 Å². The number of nitrogens with zero attached hydrogens (tertiary/aromatic N) is 1. The fourth-order valence-corrected chi connectivity index (χ4v) is 5.30. The lowest BCUT2D eigenvalue weighted by molar-refractivity contribution is -0.158. The minimum absolute atomic E-state index is 0.0231. The van der Waals surface area contributed by atoms with Crippen molar-refractivity contribution in [1.29, 1.82) is 0 Å². The minimum atomic E-state index is -1.15. The van der Waals surface area contributed by atoms with Gasteiger partial charge in [-0.1, -0.05) is 42.5 Å². The largest absolute Gasteiger partial charge is 0.456 e. The Hall–Kier alpha value is -3.61. The Morgan fingerprint density at radius 2 is 1.55 bits per heavy atom. The van der Waals surface area contributed by atoms with E-state index in [4.69, 9.17) is 4.74 Å². The first-order valence-electron chi connectivity index (χ1n) is 11.0. The highest BCUT2D eigenvalue weighted by atomic mass is 19.1. The SMILES string of the molecule is O=C(COC(=O)[C@@H](Cc1ccccc1)N1C(=O)[C@@H]2[C@@H](C1=O)[C@H]1C=C[C@H]2C1)c1ccc(F)cc1. The predicted molar refractivity (Wildman–Crippen MR) is 115 cm³/mol. The number of imide groups is 1. The molecule has 1 aliphatic heterocycles. The lowest BCUT2D eigenvalue weighted by atomic mass is 9.85. The normalized spacial score (nSPS) is 25.9. The van der Waals surface area contributed by atoms with Crippen molar-refractivity contribution in [1.82, 2.24) is 4.90 Å². The molecule has 0 spiro atoms. The molecule has 6 nitrogen and oxygen atoms in total. The van der Waals surface area contributed by atoms with Crippen molar-refractivity contribution >= 4 is 23.6 Å². The molecule has 2 fully saturated rings. The van der Waals surface area contributed by atoms with Gasteiger partial charge in [-0.3, -0.25) is 19.3 Å². The summed E-state index contributed by atoms with van der Waals surface area (Å²) in [6.07, 6.45) is 4.88. The quantitative estimate of drug-likeness (QED) is 0.282. The van der Waals surface area contributed by atoms with Crippen LogP contribution in [0, 0.1) is 29.5 Å². The molecule has 2 aromatic rings. The average molecular weight is 447 g/mol. The first-order chi connectivity index (χ1) is 15.9. The Kier molecular flexibility index (Phi) is 5.40. The Labute approximate surface area is 190 Å². The standard InChI is InChI=1S/C26H22FNO5/c27-19-10-8-16(9-11-19)21(29)14-33-26(32)20(12-15-4-2-1-3-5-15)28-24(30)22-17-6-7-18(13-17)23(22)25(28)31/h1-11,17-18,20,22-23H,12-14H2/t17-,18-,20+,22-,23-/m0/s1. The Bertz CT molecular complexity index is 1110. The summed E-state index contributed by atoms with van der Waals surface area (Å²) in [7, 11) is 0. The van der Waals surface area contributed by atoms with Crippen molar-refractivity contribution in [3.05, 3.63) is 83.7 Å². The van der Waals surface area contributed by atoms with Crippen LogP contribution in [-0.4, -0.2) is 41.1 Å². The third-order valence-electron chi connectivity index (χ3n) is 6.87. The zero-order valence-corrected chi connectivity index (χ0v) is 17.7. The molecular formula is C26H22FNO5. The molecule has 1 saturated heterocycles. The van der Waals surface area contributed by atoms with E-state index in [-0.39, 0.29) is 35.6 Å². The molecule has 1 heterocycles. The van der Waals surface area contributed by atoms with Crippen LogP contribution in [0.25, 0.3) is 0 Å². The second kappa shape index (κ2) is 8.39. The number of Topliss-reactive ketones (excluding diaryl/α,β-unsaturated/α-hetero) is 1. The van der Waals surface area contributed by atoms with E-state index in [2.05, 4.69) is 0 Å². The predicted octanol–water partition coefficient (Wildman–Crippen LogP) is 2.97. The summed E-state index contributed by atoms with van der Waals surface area (Å²) in [5.41, 5.74) is 0.970. The molecule has 5 rings (SSSR count). The second-order valence-electron chi connectivity index (χ2n) is 8.79. The molecule has 0 radical (unpaired) electrons. The van der Waals surface area contributed by atoms with Gasteiger partial charge in [0.25, 0.3) is 0 Å². The van der Waals surface area contributed by atoms with Crippen LogP contribution in [0.15, 0.2) is 66.7 Å². The van der Waals surface area contributed by atoms with Crippen LogP contribution in [0.1, 0.15) is 22.3 Å². The summed E-state index contributed by atoms with van der Waals surface area (Å²) in [5.74, 6) is -3.29. The molecule has 2 bridgehead atoms. The monoisotopic (exact) mass is 447 g/mol. The van der Waals surface area contributed by atoms with Crippen molar-refractivity contribution in [3.63, 3.8) is 0 Å². The highest BCUT2D eigenvalue weighted by Gasteiger charge is 2.61. The van der Waals surface area contributed by atoms with Gasteiger partial charge >= 0.3 is 5.97 Å². The number of allylic oxidation sites excluding steroid dienone is 2. The third kappa shape index (κ3) is 3.77. The fourth-order valence-electron chi connectivity index (χ4n) is 5.30. The van der Waals surface area contributed by atoms with Crippen molar-refractivity contribution in [2.45, 2.75) is 18.9 Å². The molecule has 2 aromatic carbocycles. The number of carbonyl (C=O) groups excluding carboxylic acids is 4.